The summed E-state index contributed by atoms with van der Waals surface area (Å²) < 4.78 is 11.0. The summed E-state index contributed by atoms with van der Waals surface area (Å²) in [5.74, 6) is 0. The molecular weight excluding hydrogens is 341 g/mol. The van der Waals surface area contributed by atoms with Crippen molar-refractivity contribution in [3.05, 3.63) is 12.2 Å². The van der Waals surface area contributed by atoms with Crippen LogP contribution in [0.25, 0.3) is 0 Å². The van der Waals surface area contributed by atoms with Crippen molar-refractivity contribution in [2.75, 3.05) is 19.4 Å². The molecule has 1 fully saturated rings. The zero-order valence-corrected chi connectivity index (χ0v) is 13.1. The Morgan fingerprint density at radius 1 is 1.47 bits per heavy atom. The topological polar surface area (TPSA) is 18.5 Å². The van der Waals surface area contributed by atoms with Gasteiger partial charge in [-0.3, -0.25) is 0 Å². The Balaban J connectivity index is 1.95. The lowest BCUT2D eigenvalue weighted by Gasteiger charge is -2.21. The summed E-state index contributed by atoms with van der Waals surface area (Å²) in [6, 6.07) is 0. The van der Waals surface area contributed by atoms with Gasteiger partial charge in [0.15, 0.2) is 6.29 Å². The van der Waals surface area contributed by atoms with Gasteiger partial charge in [-0.15, -0.1) is 8.93 Å². The van der Waals surface area contributed by atoms with Crippen molar-refractivity contribution in [1.82, 2.24) is 0 Å². The molecule has 3 unspecified atom stereocenters. The Morgan fingerprint density at radius 2 is 2.33 bits per heavy atom. The molecule has 1 rings (SSSR count). The monoisotopic (exact) mass is 360 g/mol. The van der Waals surface area contributed by atoms with Crippen LogP contribution in [0.3, 0.4) is 0 Å². The maximum absolute atomic E-state index is 5.58. The molecule has 0 aliphatic carbocycles. The van der Waals surface area contributed by atoms with Gasteiger partial charge in [0, 0.05) is 6.61 Å². The molecule has 0 aromatic carbocycles. The normalized spacial score (nSPS) is 24.5. The smallest absolute Gasteiger partial charge is 0.157 e. The highest BCUT2D eigenvalue weighted by Crippen LogP contribution is 2.53. The lowest BCUT2D eigenvalue weighted by molar-refractivity contribution is -0.155. The Bertz CT molecular complexity index is 182. The predicted octanol–water partition coefficient (Wildman–Crippen LogP) is 4.10. The minimum atomic E-state index is 0.0480. The standard InChI is InChI=1S/C10H19IO2P2/c11-15(14)9-5-1-3-7-12-10-6-2-4-8-13-10/h1,3,10H,2,4-9,14H2/b3-1-. The zero-order chi connectivity index (χ0) is 10.9. The van der Waals surface area contributed by atoms with Crippen LogP contribution in [0, 0.1) is 0 Å². The van der Waals surface area contributed by atoms with Crippen molar-refractivity contribution in [3.8, 4) is 0 Å². The molecule has 0 saturated carbocycles. The molecule has 1 saturated heterocycles. The van der Waals surface area contributed by atoms with E-state index in [0.29, 0.717) is 6.61 Å². The van der Waals surface area contributed by atoms with Crippen LogP contribution < -0.4 is 0 Å². The molecule has 0 radical (unpaired) electrons. The van der Waals surface area contributed by atoms with Gasteiger partial charge < -0.3 is 9.47 Å². The molecule has 2 nitrogen and oxygen atoms in total. The van der Waals surface area contributed by atoms with E-state index >= 15 is 0 Å². The minimum absolute atomic E-state index is 0.0480. The van der Waals surface area contributed by atoms with E-state index in [2.05, 4.69) is 43.1 Å². The van der Waals surface area contributed by atoms with Gasteiger partial charge in [-0.25, -0.2) is 0 Å². The average molecular weight is 360 g/mol. The highest BCUT2D eigenvalue weighted by Gasteiger charge is 2.12. The van der Waals surface area contributed by atoms with Crippen LogP contribution in [-0.2, 0) is 9.47 Å². The van der Waals surface area contributed by atoms with Crippen molar-refractivity contribution >= 4 is 36.2 Å². The third-order valence-corrected chi connectivity index (χ3v) is 5.10. The number of hydrogen-bond acceptors (Lipinski definition) is 2. The molecule has 0 aromatic heterocycles. The summed E-state index contributed by atoms with van der Waals surface area (Å²) in [5, 5.41) is 0.136. The van der Waals surface area contributed by atoms with E-state index in [4.69, 9.17) is 9.47 Å². The third kappa shape index (κ3) is 8.04. The Morgan fingerprint density at radius 3 is 3.00 bits per heavy atom. The van der Waals surface area contributed by atoms with E-state index in [-0.39, 0.29) is 11.5 Å². The largest absolute Gasteiger partial charge is 0.353 e. The lowest BCUT2D eigenvalue weighted by atomic mass is 10.2. The molecular formula is C10H19IO2P2. The first-order chi connectivity index (χ1) is 7.29. The fourth-order valence-electron chi connectivity index (χ4n) is 1.39. The maximum atomic E-state index is 5.58. The van der Waals surface area contributed by atoms with E-state index in [1.807, 2.05) is 0 Å². The summed E-state index contributed by atoms with van der Waals surface area (Å²) in [7, 11) is 2.87. The van der Waals surface area contributed by atoms with Gasteiger partial charge in [-0.05, 0) is 59.1 Å². The van der Waals surface area contributed by atoms with Crippen LogP contribution in [0.4, 0.5) is 0 Å². The molecule has 88 valence electrons. The van der Waals surface area contributed by atoms with Gasteiger partial charge in [-0.1, -0.05) is 12.2 Å². The van der Waals surface area contributed by atoms with E-state index in [0.717, 1.165) is 19.4 Å². The first kappa shape index (κ1) is 14.3. The summed E-state index contributed by atoms with van der Waals surface area (Å²) >= 11 is 2.48. The van der Waals surface area contributed by atoms with Gasteiger partial charge in [0.2, 0.25) is 0 Å². The fourth-order valence-corrected chi connectivity index (χ4v) is 3.07. The summed E-state index contributed by atoms with van der Waals surface area (Å²) in [6.45, 7) is 1.56. The molecule has 5 heteroatoms. The van der Waals surface area contributed by atoms with Gasteiger partial charge in [-0.2, -0.15) is 0 Å². The van der Waals surface area contributed by atoms with Crippen molar-refractivity contribution in [2.45, 2.75) is 32.0 Å². The van der Waals surface area contributed by atoms with Crippen molar-refractivity contribution in [3.63, 3.8) is 0 Å². The second-order valence-electron chi connectivity index (χ2n) is 3.51. The lowest BCUT2D eigenvalue weighted by Crippen LogP contribution is -2.22. The van der Waals surface area contributed by atoms with E-state index in [1.54, 1.807) is 0 Å². The summed E-state index contributed by atoms with van der Waals surface area (Å²) in [5.41, 5.74) is 0. The summed E-state index contributed by atoms with van der Waals surface area (Å²) in [6.07, 6.45) is 10.3. The second kappa shape index (κ2) is 9.30. The molecule has 3 atom stereocenters. The molecule has 1 heterocycles. The SMILES string of the molecule is PP(I)CC/C=C\COC1CCCCO1. The molecule has 0 bridgehead atoms. The maximum Gasteiger partial charge on any atom is 0.157 e. The molecule has 0 N–H and O–H groups in total. The number of ether oxygens (including phenoxy) is 2. The molecule has 1 aliphatic heterocycles. The summed E-state index contributed by atoms with van der Waals surface area (Å²) in [4.78, 5) is 0. The Hall–Kier alpha value is 1.25. The van der Waals surface area contributed by atoms with Crippen molar-refractivity contribution < 1.29 is 9.47 Å². The highest BCUT2D eigenvalue weighted by molar-refractivity contribution is 14.2. The fraction of sp³-hybridized carbons (Fsp3) is 0.800. The van der Waals surface area contributed by atoms with Gasteiger partial charge >= 0.3 is 0 Å². The highest BCUT2D eigenvalue weighted by atomic mass is 127. The number of allylic oxidation sites excluding steroid dienone is 1. The second-order valence-corrected chi connectivity index (χ2v) is 13.5. The first-order valence-electron chi connectivity index (χ1n) is 5.35. The quantitative estimate of drug-likeness (QED) is 0.404. The third-order valence-electron chi connectivity index (χ3n) is 2.19. The first-order valence-corrected chi connectivity index (χ1v) is 11.3. The molecule has 1 aliphatic rings. The van der Waals surface area contributed by atoms with E-state index < -0.39 is 0 Å². The van der Waals surface area contributed by atoms with Crippen LogP contribution in [0.15, 0.2) is 12.2 Å². The Kier molecular flexibility index (Phi) is 8.87. The predicted molar refractivity (Wildman–Crippen MR) is 78.8 cm³/mol. The van der Waals surface area contributed by atoms with Gasteiger partial charge in [0.25, 0.3) is 0 Å². The minimum Gasteiger partial charge on any atom is -0.353 e. The van der Waals surface area contributed by atoms with Crippen LogP contribution in [0.5, 0.6) is 0 Å². The Labute approximate surface area is 109 Å². The van der Waals surface area contributed by atoms with Gasteiger partial charge in [0.1, 0.15) is 0 Å². The molecule has 15 heavy (non-hydrogen) atoms. The molecule has 0 spiro atoms. The van der Waals surface area contributed by atoms with E-state index in [9.17, 15) is 0 Å². The number of hydrogen-bond donors (Lipinski definition) is 0. The van der Waals surface area contributed by atoms with Crippen LogP contribution >= 0.6 is 36.2 Å². The van der Waals surface area contributed by atoms with Crippen molar-refractivity contribution in [2.24, 2.45) is 0 Å². The van der Waals surface area contributed by atoms with E-state index in [1.165, 1.54) is 19.0 Å². The van der Waals surface area contributed by atoms with Crippen LogP contribution in [0.1, 0.15) is 25.7 Å². The van der Waals surface area contributed by atoms with Gasteiger partial charge in [0.05, 0.1) is 6.61 Å². The number of halogens is 1. The van der Waals surface area contributed by atoms with Crippen LogP contribution in [-0.4, -0.2) is 25.7 Å². The molecule has 0 aromatic rings. The van der Waals surface area contributed by atoms with Crippen molar-refractivity contribution in [1.29, 1.82) is 0 Å². The zero-order valence-electron chi connectivity index (χ0n) is 8.90. The number of rotatable bonds is 6. The van der Waals surface area contributed by atoms with Crippen LogP contribution in [0.2, 0.25) is 0 Å². The average Bonchev–Trinajstić information content (AvgIpc) is 2.24. The molecule has 0 amide bonds.